The molecule has 1 fully saturated rings. The summed E-state index contributed by atoms with van der Waals surface area (Å²) in [5, 5.41) is 2.16. The van der Waals surface area contributed by atoms with Crippen LogP contribution in [0.5, 0.6) is 0 Å². The summed E-state index contributed by atoms with van der Waals surface area (Å²) >= 11 is 0. The highest BCUT2D eigenvalue weighted by molar-refractivity contribution is 6.24. The minimum Gasteiger partial charge on any atom is -0.294 e. The molecule has 3 aromatic rings. The quantitative estimate of drug-likeness (QED) is 0.676. The molecule has 2 aliphatic rings. The van der Waals surface area contributed by atoms with E-state index in [9.17, 15) is 9.18 Å². The molecule has 1 aliphatic heterocycles. The molecular formula is C22H19FN2O. The summed E-state index contributed by atoms with van der Waals surface area (Å²) in [5.41, 5.74) is 2.85. The van der Waals surface area contributed by atoms with Crippen LogP contribution in [0.15, 0.2) is 60.7 Å². The Kier molecular flexibility index (Phi) is 3.54. The lowest BCUT2D eigenvalue weighted by Gasteiger charge is -2.28. The van der Waals surface area contributed by atoms with Crippen LogP contribution in [-0.2, 0) is 6.54 Å². The lowest BCUT2D eigenvalue weighted by atomic mass is 10.1. The Bertz CT molecular complexity index is 989. The third-order valence-corrected chi connectivity index (χ3v) is 5.33. The summed E-state index contributed by atoms with van der Waals surface area (Å²) < 4.78 is 13.2. The molecule has 1 heterocycles. The zero-order chi connectivity index (χ0) is 17.7. The maximum absolute atomic E-state index is 13.2. The van der Waals surface area contributed by atoms with Gasteiger partial charge in [0.25, 0.3) is 5.91 Å². The first kappa shape index (κ1) is 15.5. The normalized spacial score (nSPS) is 16.1. The summed E-state index contributed by atoms with van der Waals surface area (Å²) in [4.78, 5) is 17.2. The summed E-state index contributed by atoms with van der Waals surface area (Å²) in [6.07, 6.45) is 2.31. The largest absolute Gasteiger partial charge is 0.294 e. The van der Waals surface area contributed by atoms with Crippen molar-refractivity contribution in [2.75, 3.05) is 11.6 Å². The van der Waals surface area contributed by atoms with Crippen LogP contribution in [0.4, 0.5) is 10.1 Å². The third-order valence-electron chi connectivity index (χ3n) is 5.33. The first-order valence-electron chi connectivity index (χ1n) is 9.03. The van der Waals surface area contributed by atoms with Gasteiger partial charge in [-0.2, -0.15) is 0 Å². The molecule has 3 aromatic carbocycles. The standard InChI is InChI=1S/C22H19FN2O/c23-17-9-7-15(8-10-17)13-24(18-11-12-18)14-25-20-6-2-4-16-3-1-5-19(21(16)20)22(25)26/h1-10,18H,11-14H2. The zero-order valence-electron chi connectivity index (χ0n) is 14.4. The van der Waals surface area contributed by atoms with Crippen LogP contribution >= 0.6 is 0 Å². The monoisotopic (exact) mass is 346 g/mol. The van der Waals surface area contributed by atoms with Crippen molar-refractivity contribution in [3.8, 4) is 0 Å². The summed E-state index contributed by atoms with van der Waals surface area (Å²) in [7, 11) is 0. The second-order valence-corrected chi connectivity index (χ2v) is 7.16. The predicted molar refractivity (Wildman–Crippen MR) is 101 cm³/mol. The van der Waals surface area contributed by atoms with Crippen molar-refractivity contribution < 1.29 is 9.18 Å². The van der Waals surface area contributed by atoms with E-state index in [2.05, 4.69) is 17.0 Å². The van der Waals surface area contributed by atoms with Crippen molar-refractivity contribution >= 4 is 22.4 Å². The van der Waals surface area contributed by atoms with Crippen LogP contribution < -0.4 is 4.90 Å². The average Bonchev–Trinajstić information content (AvgIpc) is 3.47. The van der Waals surface area contributed by atoms with Gasteiger partial charge in [0, 0.05) is 23.5 Å². The van der Waals surface area contributed by atoms with Crippen LogP contribution in [0.25, 0.3) is 10.8 Å². The first-order chi connectivity index (χ1) is 12.7. The fourth-order valence-electron chi connectivity index (χ4n) is 3.86. The maximum atomic E-state index is 13.2. The Morgan fingerprint density at radius 2 is 1.73 bits per heavy atom. The molecule has 3 nitrogen and oxygen atoms in total. The average molecular weight is 346 g/mol. The molecule has 4 heteroatoms. The topological polar surface area (TPSA) is 23.6 Å². The molecule has 1 amide bonds. The molecule has 1 saturated carbocycles. The number of amides is 1. The van der Waals surface area contributed by atoms with Gasteiger partial charge in [-0.3, -0.25) is 14.6 Å². The Hall–Kier alpha value is -2.72. The van der Waals surface area contributed by atoms with Crippen molar-refractivity contribution in [1.29, 1.82) is 0 Å². The number of anilines is 1. The Balaban J connectivity index is 1.45. The molecule has 0 spiro atoms. The van der Waals surface area contributed by atoms with Crippen molar-refractivity contribution in [3.63, 3.8) is 0 Å². The van der Waals surface area contributed by atoms with Crippen LogP contribution in [0, 0.1) is 5.82 Å². The highest BCUT2D eigenvalue weighted by atomic mass is 19.1. The SMILES string of the molecule is O=C1c2cccc3cccc(c23)N1CN(Cc1ccc(F)cc1)C1CC1. The van der Waals surface area contributed by atoms with Gasteiger partial charge in [0.05, 0.1) is 12.4 Å². The Morgan fingerprint density at radius 1 is 1.00 bits per heavy atom. The summed E-state index contributed by atoms with van der Waals surface area (Å²) in [6.45, 7) is 1.29. The lowest BCUT2D eigenvalue weighted by Crippen LogP contribution is -2.40. The maximum Gasteiger partial charge on any atom is 0.260 e. The zero-order valence-corrected chi connectivity index (χ0v) is 14.4. The van der Waals surface area contributed by atoms with Crippen molar-refractivity contribution in [2.45, 2.75) is 25.4 Å². The molecule has 26 heavy (non-hydrogen) atoms. The molecule has 1 aliphatic carbocycles. The van der Waals surface area contributed by atoms with E-state index in [0.29, 0.717) is 12.7 Å². The van der Waals surface area contributed by atoms with Gasteiger partial charge >= 0.3 is 0 Å². The van der Waals surface area contributed by atoms with E-state index in [1.54, 1.807) is 0 Å². The van der Waals surface area contributed by atoms with Crippen LogP contribution in [0.3, 0.4) is 0 Å². The molecule has 0 atom stereocenters. The van der Waals surface area contributed by atoms with Crippen molar-refractivity contribution in [1.82, 2.24) is 4.90 Å². The number of rotatable bonds is 5. The number of carbonyl (C=O) groups excluding carboxylic acids is 1. The number of halogens is 1. The molecule has 0 radical (unpaired) electrons. The number of hydrogen-bond acceptors (Lipinski definition) is 2. The van der Waals surface area contributed by atoms with Crippen LogP contribution in [0.1, 0.15) is 28.8 Å². The Morgan fingerprint density at radius 3 is 2.46 bits per heavy atom. The van der Waals surface area contributed by atoms with E-state index in [0.717, 1.165) is 47.0 Å². The van der Waals surface area contributed by atoms with Gasteiger partial charge in [0.2, 0.25) is 0 Å². The van der Waals surface area contributed by atoms with E-state index in [1.807, 2.05) is 41.3 Å². The second-order valence-electron chi connectivity index (χ2n) is 7.16. The predicted octanol–water partition coefficient (Wildman–Crippen LogP) is 4.56. The Labute approximate surface area is 151 Å². The molecular weight excluding hydrogens is 327 g/mol. The van der Waals surface area contributed by atoms with Crippen LogP contribution in [0.2, 0.25) is 0 Å². The van der Waals surface area contributed by atoms with Gasteiger partial charge in [-0.15, -0.1) is 0 Å². The van der Waals surface area contributed by atoms with E-state index < -0.39 is 0 Å². The second kappa shape index (κ2) is 5.92. The minimum absolute atomic E-state index is 0.0709. The highest BCUT2D eigenvalue weighted by Crippen LogP contribution is 2.38. The van der Waals surface area contributed by atoms with Gasteiger partial charge in [0.15, 0.2) is 0 Å². The van der Waals surface area contributed by atoms with E-state index >= 15 is 0 Å². The van der Waals surface area contributed by atoms with E-state index in [4.69, 9.17) is 0 Å². The first-order valence-corrected chi connectivity index (χ1v) is 9.03. The molecule has 0 bridgehead atoms. The van der Waals surface area contributed by atoms with Gasteiger partial charge in [-0.1, -0.05) is 36.4 Å². The number of hydrogen-bond donors (Lipinski definition) is 0. The van der Waals surface area contributed by atoms with Crippen molar-refractivity contribution in [3.05, 3.63) is 77.6 Å². The molecule has 0 saturated heterocycles. The van der Waals surface area contributed by atoms with Gasteiger partial charge in [0.1, 0.15) is 5.82 Å². The van der Waals surface area contributed by atoms with Gasteiger partial charge in [-0.05, 0) is 48.1 Å². The minimum atomic E-state index is -0.219. The van der Waals surface area contributed by atoms with E-state index in [1.165, 1.54) is 12.1 Å². The number of benzene rings is 3. The van der Waals surface area contributed by atoms with Gasteiger partial charge in [-0.25, -0.2) is 4.39 Å². The highest BCUT2D eigenvalue weighted by Gasteiger charge is 2.35. The van der Waals surface area contributed by atoms with Crippen molar-refractivity contribution in [2.24, 2.45) is 0 Å². The fraction of sp³-hybridized carbons (Fsp3) is 0.227. The fourth-order valence-corrected chi connectivity index (χ4v) is 3.86. The third kappa shape index (κ3) is 2.58. The number of carbonyl (C=O) groups is 1. The number of nitrogens with zero attached hydrogens (tertiary/aromatic N) is 2. The lowest BCUT2D eigenvalue weighted by molar-refractivity contribution is 0.0970. The molecule has 5 rings (SSSR count). The summed E-state index contributed by atoms with van der Waals surface area (Å²) in [5.74, 6) is -0.148. The molecule has 0 unspecified atom stereocenters. The molecule has 0 aromatic heterocycles. The summed E-state index contributed by atoms with van der Waals surface area (Å²) in [6, 6.07) is 19.1. The molecule has 130 valence electrons. The van der Waals surface area contributed by atoms with Crippen LogP contribution in [-0.4, -0.2) is 23.5 Å². The molecule has 0 N–H and O–H groups in total. The van der Waals surface area contributed by atoms with Gasteiger partial charge < -0.3 is 0 Å². The van der Waals surface area contributed by atoms with E-state index in [-0.39, 0.29) is 11.7 Å². The smallest absolute Gasteiger partial charge is 0.260 e.